The van der Waals surface area contributed by atoms with Crippen molar-refractivity contribution in [3.05, 3.63) is 77.4 Å². The molecule has 3 rings (SSSR count). The maximum atomic E-state index is 13.8. The Labute approximate surface area is 135 Å². The van der Waals surface area contributed by atoms with Crippen molar-refractivity contribution in [1.29, 1.82) is 0 Å². The van der Waals surface area contributed by atoms with E-state index in [1.54, 1.807) is 12.1 Å². The molecule has 0 fully saturated rings. The summed E-state index contributed by atoms with van der Waals surface area (Å²) in [7, 11) is 0. The third-order valence-electron chi connectivity index (χ3n) is 3.86. The Kier molecular flexibility index (Phi) is 4.53. The number of rotatable bonds is 5. The van der Waals surface area contributed by atoms with Crippen molar-refractivity contribution in [2.75, 3.05) is 0 Å². The molecule has 118 valence electrons. The van der Waals surface area contributed by atoms with E-state index in [0.717, 1.165) is 17.0 Å². The Morgan fingerprint density at radius 3 is 2.52 bits per heavy atom. The number of hydrogen-bond acceptors (Lipinski definition) is 3. The van der Waals surface area contributed by atoms with Crippen LogP contribution >= 0.6 is 0 Å². The van der Waals surface area contributed by atoms with E-state index in [1.165, 1.54) is 6.07 Å². The number of nitrogens with zero attached hydrogens (tertiary/aromatic N) is 1. The van der Waals surface area contributed by atoms with Crippen LogP contribution < -0.4 is 5.32 Å². The van der Waals surface area contributed by atoms with Gasteiger partial charge in [-0.3, -0.25) is 0 Å². The molecule has 3 nitrogen and oxygen atoms in total. The summed E-state index contributed by atoms with van der Waals surface area (Å²) in [5, 5.41) is 3.30. The number of hydrogen-bond donors (Lipinski definition) is 1. The summed E-state index contributed by atoms with van der Waals surface area (Å²) in [6.07, 6.45) is 0. The van der Waals surface area contributed by atoms with Gasteiger partial charge in [0.25, 0.3) is 0 Å². The average Bonchev–Trinajstić information content (AvgIpc) is 2.95. The minimum Gasteiger partial charge on any atom is -0.441 e. The Bertz CT molecular complexity index is 783. The molecule has 0 saturated heterocycles. The number of aryl methyl sites for hydroxylation is 1. The van der Waals surface area contributed by atoms with Crippen LogP contribution in [0.25, 0.3) is 11.5 Å². The number of aromatic nitrogens is 1. The predicted octanol–water partition coefficient (Wildman–Crippen LogP) is 4.64. The Morgan fingerprint density at radius 1 is 1.09 bits per heavy atom. The quantitative estimate of drug-likeness (QED) is 0.746. The Morgan fingerprint density at radius 2 is 1.78 bits per heavy atom. The lowest BCUT2D eigenvalue weighted by Gasteiger charge is -2.14. The SMILES string of the molecule is Cc1oc(-c2ccccc2)nc1CNC(C)c1ccccc1F. The number of benzene rings is 2. The Balaban J connectivity index is 1.72. The number of nitrogens with one attached hydrogen (secondary N) is 1. The third-order valence-corrected chi connectivity index (χ3v) is 3.86. The molecule has 0 bridgehead atoms. The average molecular weight is 310 g/mol. The van der Waals surface area contributed by atoms with Crippen molar-refractivity contribution in [3.63, 3.8) is 0 Å². The molecule has 0 aliphatic heterocycles. The van der Waals surface area contributed by atoms with Crippen LogP contribution in [0.1, 0.15) is 30.0 Å². The molecule has 2 aromatic carbocycles. The fourth-order valence-electron chi connectivity index (χ4n) is 2.48. The fourth-order valence-corrected chi connectivity index (χ4v) is 2.48. The van der Waals surface area contributed by atoms with Crippen molar-refractivity contribution < 1.29 is 8.81 Å². The van der Waals surface area contributed by atoms with Crippen molar-refractivity contribution in [2.45, 2.75) is 26.4 Å². The molecule has 23 heavy (non-hydrogen) atoms. The van der Waals surface area contributed by atoms with Crippen molar-refractivity contribution >= 4 is 0 Å². The highest BCUT2D eigenvalue weighted by Crippen LogP contribution is 2.22. The molecular weight excluding hydrogens is 291 g/mol. The van der Waals surface area contributed by atoms with E-state index >= 15 is 0 Å². The van der Waals surface area contributed by atoms with E-state index in [1.807, 2.05) is 50.2 Å². The third kappa shape index (κ3) is 3.48. The smallest absolute Gasteiger partial charge is 0.226 e. The zero-order valence-electron chi connectivity index (χ0n) is 13.2. The first-order valence-electron chi connectivity index (χ1n) is 7.64. The van der Waals surface area contributed by atoms with E-state index in [-0.39, 0.29) is 11.9 Å². The van der Waals surface area contributed by atoms with Crippen molar-refractivity contribution in [1.82, 2.24) is 10.3 Å². The van der Waals surface area contributed by atoms with Crippen LogP contribution in [0.4, 0.5) is 4.39 Å². The maximum Gasteiger partial charge on any atom is 0.226 e. The Hall–Kier alpha value is -2.46. The van der Waals surface area contributed by atoms with E-state index < -0.39 is 0 Å². The minimum atomic E-state index is -0.200. The van der Waals surface area contributed by atoms with E-state index in [0.29, 0.717) is 18.0 Å². The van der Waals surface area contributed by atoms with Crippen LogP contribution in [-0.4, -0.2) is 4.98 Å². The number of oxazole rings is 1. The molecule has 0 aliphatic rings. The van der Waals surface area contributed by atoms with E-state index in [4.69, 9.17) is 4.42 Å². The lowest BCUT2D eigenvalue weighted by atomic mass is 10.1. The summed E-state index contributed by atoms with van der Waals surface area (Å²) in [6.45, 7) is 4.35. The molecule has 0 saturated carbocycles. The highest BCUT2D eigenvalue weighted by atomic mass is 19.1. The van der Waals surface area contributed by atoms with Crippen LogP contribution in [0, 0.1) is 12.7 Å². The second-order valence-electron chi connectivity index (χ2n) is 5.51. The summed E-state index contributed by atoms with van der Waals surface area (Å²) in [6, 6.07) is 16.5. The number of halogens is 1. The molecule has 0 aliphatic carbocycles. The van der Waals surface area contributed by atoms with E-state index in [2.05, 4.69) is 10.3 Å². The van der Waals surface area contributed by atoms with Gasteiger partial charge in [-0.15, -0.1) is 0 Å². The van der Waals surface area contributed by atoms with Gasteiger partial charge in [0.15, 0.2) is 0 Å². The molecule has 1 unspecified atom stereocenters. The van der Waals surface area contributed by atoms with Crippen molar-refractivity contribution in [3.8, 4) is 11.5 Å². The largest absolute Gasteiger partial charge is 0.441 e. The molecule has 1 aromatic heterocycles. The normalized spacial score (nSPS) is 12.3. The lowest BCUT2D eigenvalue weighted by molar-refractivity contribution is 0.513. The van der Waals surface area contributed by atoms with Gasteiger partial charge in [-0.05, 0) is 32.0 Å². The van der Waals surface area contributed by atoms with Crippen LogP contribution in [0.15, 0.2) is 59.0 Å². The van der Waals surface area contributed by atoms with Gasteiger partial charge >= 0.3 is 0 Å². The molecule has 4 heteroatoms. The standard InChI is InChI=1S/C19H19FN2O/c1-13(16-10-6-7-11-17(16)20)21-12-18-14(2)23-19(22-18)15-8-4-3-5-9-15/h3-11,13,21H,12H2,1-2H3. The van der Waals surface area contributed by atoms with Crippen molar-refractivity contribution in [2.24, 2.45) is 0 Å². The zero-order valence-corrected chi connectivity index (χ0v) is 13.2. The second-order valence-corrected chi connectivity index (χ2v) is 5.51. The van der Waals surface area contributed by atoms with Gasteiger partial charge in [-0.25, -0.2) is 9.37 Å². The molecule has 3 aromatic rings. The van der Waals surface area contributed by atoms with E-state index in [9.17, 15) is 4.39 Å². The van der Waals surface area contributed by atoms with Gasteiger partial charge in [0.1, 0.15) is 11.6 Å². The molecule has 0 radical (unpaired) electrons. The zero-order chi connectivity index (χ0) is 16.2. The lowest BCUT2D eigenvalue weighted by Crippen LogP contribution is -2.19. The van der Waals surface area contributed by atoms with Gasteiger partial charge in [-0.1, -0.05) is 36.4 Å². The minimum absolute atomic E-state index is 0.104. The highest BCUT2D eigenvalue weighted by molar-refractivity contribution is 5.53. The van der Waals surface area contributed by atoms with Gasteiger partial charge in [0.05, 0.1) is 5.69 Å². The van der Waals surface area contributed by atoms with Gasteiger partial charge in [0, 0.05) is 23.7 Å². The summed E-state index contributed by atoms with van der Waals surface area (Å²) < 4.78 is 19.5. The van der Waals surface area contributed by atoms with Gasteiger partial charge in [0.2, 0.25) is 5.89 Å². The summed E-state index contributed by atoms with van der Waals surface area (Å²) in [4.78, 5) is 4.55. The molecule has 1 heterocycles. The van der Waals surface area contributed by atoms with Crippen LogP contribution in [0.2, 0.25) is 0 Å². The fraction of sp³-hybridized carbons (Fsp3) is 0.211. The van der Waals surface area contributed by atoms with Gasteiger partial charge in [-0.2, -0.15) is 0 Å². The first-order valence-corrected chi connectivity index (χ1v) is 7.64. The first-order chi connectivity index (χ1) is 11.1. The molecular formula is C19H19FN2O. The topological polar surface area (TPSA) is 38.1 Å². The molecule has 1 atom stereocenters. The van der Waals surface area contributed by atoms with Gasteiger partial charge < -0.3 is 9.73 Å². The molecule has 0 spiro atoms. The monoisotopic (exact) mass is 310 g/mol. The predicted molar refractivity (Wildman–Crippen MR) is 88.3 cm³/mol. The summed E-state index contributed by atoms with van der Waals surface area (Å²) >= 11 is 0. The highest BCUT2D eigenvalue weighted by Gasteiger charge is 2.14. The first kappa shape index (κ1) is 15.4. The van der Waals surface area contributed by atoms with Crippen LogP contribution in [0.5, 0.6) is 0 Å². The molecule has 1 N–H and O–H groups in total. The van der Waals surface area contributed by atoms with Crippen LogP contribution in [0.3, 0.4) is 0 Å². The molecule has 0 amide bonds. The second kappa shape index (κ2) is 6.75. The summed E-state index contributed by atoms with van der Waals surface area (Å²) in [5.74, 6) is 1.19. The summed E-state index contributed by atoms with van der Waals surface area (Å²) in [5.41, 5.74) is 2.44. The maximum absolute atomic E-state index is 13.8. The van der Waals surface area contributed by atoms with Crippen LogP contribution in [-0.2, 0) is 6.54 Å².